The molecule has 2 saturated heterocycles. The van der Waals surface area contributed by atoms with Crippen LogP contribution in [0, 0.1) is 17.3 Å². The fourth-order valence-electron chi connectivity index (χ4n) is 6.29. The van der Waals surface area contributed by atoms with Crippen molar-refractivity contribution in [2.24, 2.45) is 5.41 Å². The molecule has 10 nitrogen and oxygen atoms in total. The van der Waals surface area contributed by atoms with E-state index in [1.807, 2.05) is 6.08 Å². The molecule has 0 radical (unpaired) electrons. The highest BCUT2D eigenvalue weighted by atomic mass is 19.1. The topological polar surface area (TPSA) is 104 Å². The van der Waals surface area contributed by atoms with Gasteiger partial charge in [-0.1, -0.05) is 18.6 Å². The lowest BCUT2D eigenvalue weighted by Crippen LogP contribution is -2.45. The second-order valence-electron chi connectivity index (χ2n) is 12.7. The van der Waals surface area contributed by atoms with Crippen molar-refractivity contribution in [3.05, 3.63) is 76.4 Å². The normalized spacial score (nSPS) is 18.8. The zero-order valence-corrected chi connectivity index (χ0v) is 25.6. The Morgan fingerprint density at radius 3 is 2.57 bits per heavy atom. The first-order valence-electron chi connectivity index (χ1n) is 15.1. The van der Waals surface area contributed by atoms with E-state index in [9.17, 15) is 14.3 Å². The monoisotopic (exact) mass is 598 g/mol. The Labute approximate surface area is 256 Å². The van der Waals surface area contributed by atoms with Crippen molar-refractivity contribution in [2.75, 3.05) is 38.5 Å². The van der Waals surface area contributed by atoms with Crippen LogP contribution in [0.4, 0.5) is 10.3 Å². The molecule has 3 aromatic heterocycles. The summed E-state index contributed by atoms with van der Waals surface area (Å²) in [7, 11) is 2.21. The third-order valence-electron chi connectivity index (χ3n) is 9.03. The number of hydrogen-bond acceptors (Lipinski definition) is 8. The van der Waals surface area contributed by atoms with Gasteiger partial charge in [0.25, 0.3) is 5.56 Å². The quantitative estimate of drug-likeness (QED) is 0.392. The van der Waals surface area contributed by atoms with Crippen molar-refractivity contribution >= 4 is 17.0 Å². The molecule has 2 fully saturated rings. The van der Waals surface area contributed by atoms with Gasteiger partial charge in [-0.3, -0.25) is 4.79 Å². The fourth-order valence-corrected chi connectivity index (χ4v) is 6.29. The van der Waals surface area contributed by atoms with E-state index >= 15 is 0 Å². The third kappa shape index (κ3) is 6.05. The lowest BCUT2D eigenvalue weighted by atomic mass is 9.71. The second kappa shape index (κ2) is 11.7. The fraction of sp³-hybridized carbons (Fsp3) is 0.455. The van der Waals surface area contributed by atoms with E-state index < -0.39 is 17.0 Å². The van der Waals surface area contributed by atoms with Gasteiger partial charge in [0.2, 0.25) is 5.95 Å². The Balaban J connectivity index is 1.27. The van der Waals surface area contributed by atoms with Gasteiger partial charge in [0.15, 0.2) is 11.5 Å². The molecule has 1 aliphatic carbocycles. The van der Waals surface area contributed by atoms with E-state index in [0.29, 0.717) is 29.0 Å². The summed E-state index contributed by atoms with van der Waals surface area (Å²) in [5.74, 6) is 6.30. The Hall–Kier alpha value is -4.27. The number of allylic oxidation sites excluding steroid dienone is 5. The van der Waals surface area contributed by atoms with Crippen LogP contribution in [0.2, 0.25) is 0 Å². The van der Waals surface area contributed by atoms with Crippen molar-refractivity contribution in [3.8, 4) is 17.7 Å². The summed E-state index contributed by atoms with van der Waals surface area (Å²) in [4.78, 5) is 31.8. The third-order valence-corrected chi connectivity index (χ3v) is 9.03. The van der Waals surface area contributed by atoms with Crippen LogP contribution in [-0.2, 0) is 12.1 Å². The van der Waals surface area contributed by atoms with Crippen LogP contribution in [0.1, 0.15) is 51.6 Å². The predicted octanol–water partition coefficient (Wildman–Crippen LogP) is 4.08. The van der Waals surface area contributed by atoms with Crippen LogP contribution in [-0.4, -0.2) is 72.4 Å². The molecule has 0 saturated carbocycles. The molecule has 3 aliphatic rings. The maximum atomic E-state index is 14.1. The van der Waals surface area contributed by atoms with Crippen LogP contribution in [0.5, 0.6) is 0 Å². The molecule has 11 heteroatoms. The van der Waals surface area contributed by atoms with Gasteiger partial charge >= 0.3 is 0 Å². The number of pyridine rings is 1. The van der Waals surface area contributed by atoms with E-state index in [2.05, 4.69) is 61.6 Å². The molecule has 5 heterocycles. The van der Waals surface area contributed by atoms with Crippen molar-refractivity contribution in [1.82, 2.24) is 34.1 Å². The first-order chi connectivity index (χ1) is 21.0. The number of aliphatic hydroxyl groups is 1. The number of piperidine rings is 2. The zero-order valence-electron chi connectivity index (χ0n) is 25.6. The van der Waals surface area contributed by atoms with Crippen molar-refractivity contribution in [2.45, 2.75) is 58.1 Å². The maximum Gasteiger partial charge on any atom is 0.278 e. The highest BCUT2D eigenvalue weighted by molar-refractivity contribution is 5.76. The molecule has 1 spiro atoms. The summed E-state index contributed by atoms with van der Waals surface area (Å²) in [6, 6.07) is 5.07. The minimum Gasteiger partial charge on any atom is -0.384 e. The van der Waals surface area contributed by atoms with E-state index in [1.165, 1.54) is 60.0 Å². The van der Waals surface area contributed by atoms with Gasteiger partial charge in [-0.15, -0.1) is 0 Å². The number of likely N-dealkylation sites (tertiary alicyclic amines) is 2. The summed E-state index contributed by atoms with van der Waals surface area (Å²) in [5, 5.41) is 13.9. The molecule has 0 aromatic carbocycles. The van der Waals surface area contributed by atoms with Gasteiger partial charge in [-0.25, -0.2) is 23.7 Å². The number of halogens is 1. The summed E-state index contributed by atoms with van der Waals surface area (Å²) in [5.41, 5.74) is 1.25. The van der Waals surface area contributed by atoms with Gasteiger partial charge in [0.1, 0.15) is 16.8 Å². The second-order valence-corrected chi connectivity index (χ2v) is 12.7. The minimum atomic E-state index is -1.23. The Morgan fingerprint density at radius 2 is 1.86 bits per heavy atom. The van der Waals surface area contributed by atoms with Crippen LogP contribution < -0.4 is 10.9 Å². The molecule has 2 N–H and O–H groups in total. The minimum absolute atomic E-state index is 0.197. The average Bonchev–Trinajstić information content (AvgIpc) is 3.11. The number of hydrogen-bond donors (Lipinski definition) is 2. The van der Waals surface area contributed by atoms with E-state index in [-0.39, 0.29) is 23.5 Å². The molecule has 0 atom stereocenters. The van der Waals surface area contributed by atoms with E-state index in [4.69, 9.17) is 0 Å². The molecule has 0 unspecified atom stereocenters. The van der Waals surface area contributed by atoms with Crippen LogP contribution in [0.25, 0.3) is 16.9 Å². The molecule has 6 rings (SSSR count). The summed E-state index contributed by atoms with van der Waals surface area (Å²) in [6.45, 7) is 10.7. The molecule has 3 aromatic rings. The lowest BCUT2D eigenvalue weighted by Gasteiger charge is -2.47. The standard InChI is InChI=1S/C33H39FN8O2/c1-23(34)22-41-30(43)26-21-35-31(38-29(26)42(41)28-10-6-9-27(37-28)32(2,3)44)36-24-7-5-8-25(12-11-24)40-19-15-33(16-20-40)13-17-39(4)18-14-33/h6,9-12,21,44H,1,8,13-20,22H2,2-4H3,(H,35,36,38). The molecular weight excluding hydrogens is 559 g/mol. The van der Waals surface area contributed by atoms with Crippen LogP contribution in [0.3, 0.4) is 0 Å². The molecular formula is C33H39FN8O2. The number of nitrogens with one attached hydrogen (secondary N) is 1. The van der Waals surface area contributed by atoms with E-state index in [0.717, 1.165) is 13.1 Å². The molecule has 0 bridgehead atoms. The summed E-state index contributed by atoms with van der Waals surface area (Å²) < 4.78 is 16.7. The van der Waals surface area contributed by atoms with Crippen LogP contribution in [0.15, 0.2) is 65.1 Å². The number of rotatable bonds is 7. The number of anilines is 1. The molecule has 0 amide bonds. The highest BCUT2D eigenvalue weighted by Crippen LogP contribution is 2.41. The Morgan fingerprint density at radius 1 is 1.14 bits per heavy atom. The highest BCUT2D eigenvalue weighted by Gasteiger charge is 2.37. The van der Waals surface area contributed by atoms with Gasteiger partial charge in [0, 0.05) is 31.4 Å². The van der Waals surface area contributed by atoms with Crippen molar-refractivity contribution in [1.29, 1.82) is 0 Å². The van der Waals surface area contributed by atoms with Crippen LogP contribution >= 0.6 is 0 Å². The first-order valence-corrected chi connectivity index (χ1v) is 15.1. The molecule has 2 aliphatic heterocycles. The van der Waals surface area contributed by atoms with Gasteiger partial charge in [-0.2, -0.15) is 4.98 Å². The maximum absolute atomic E-state index is 14.1. The molecule has 44 heavy (non-hydrogen) atoms. The largest absolute Gasteiger partial charge is 0.384 e. The lowest BCUT2D eigenvalue weighted by molar-refractivity contribution is 0.0537. The Bertz CT molecular complexity index is 1770. The Kier molecular flexibility index (Phi) is 7.90. The van der Waals surface area contributed by atoms with Crippen molar-refractivity contribution < 1.29 is 9.50 Å². The predicted molar refractivity (Wildman–Crippen MR) is 169 cm³/mol. The number of aromatic nitrogens is 5. The summed E-state index contributed by atoms with van der Waals surface area (Å²) in [6.07, 6.45) is 11.1. The van der Waals surface area contributed by atoms with E-state index in [1.54, 1.807) is 32.0 Å². The summed E-state index contributed by atoms with van der Waals surface area (Å²) >= 11 is 0. The van der Waals surface area contributed by atoms with Gasteiger partial charge in [-0.05, 0) is 95.3 Å². The first kappa shape index (κ1) is 29.8. The molecule has 230 valence electrons. The van der Waals surface area contributed by atoms with Gasteiger partial charge in [0.05, 0.1) is 17.9 Å². The van der Waals surface area contributed by atoms with Crippen molar-refractivity contribution in [3.63, 3.8) is 0 Å². The number of fused-ring (bicyclic) bond motifs is 1. The zero-order chi connectivity index (χ0) is 31.1. The number of nitrogens with zero attached hydrogens (tertiary/aromatic N) is 7. The van der Waals surface area contributed by atoms with Gasteiger partial charge < -0.3 is 20.2 Å². The smallest absolute Gasteiger partial charge is 0.278 e. The SMILES string of the molecule is C=C(F)Cn1c(=O)c2cnc(NC3=CC=C(N4CCC5(CCN(C)CC5)CC4)CC#C3)nc2n1-c1cccc(C(C)(C)O)n1. The average molecular weight is 599 g/mol.